The Bertz CT molecular complexity index is 767. The number of fused-ring (bicyclic) bond motifs is 1. The zero-order chi connectivity index (χ0) is 14.5. The number of hydrogen-bond donors (Lipinski definition) is 0. The summed E-state index contributed by atoms with van der Waals surface area (Å²) in [6.45, 7) is 2.61. The molecule has 0 aliphatic heterocycles. The summed E-state index contributed by atoms with van der Waals surface area (Å²) in [6.07, 6.45) is 3.56. The van der Waals surface area contributed by atoms with Gasteiger partial charge in [0.15, 0.2) is 5.82 Å². The largest absolute Gasteiger partial charge is 0.493 e. The van der Waals surface area contributed by atoms with Crippen LogP contribution in [0.4, 0.5) is 5.82 Å². The molecule has 0 bridgehead atoms. The molecule has 3 aromatic rings. The number of ether oxygens (including phenoxy) is 1. The number of rotatable bonds is 4. The van der Waals surface area contributed by atoms with E-state index in [1.165, 1.54) is 5.39 Å². The fourth-order valence-corrected chi connectivity index (χ4v) is 2.25. The van der Waals surface area contributed by atoms with Gasteiger partial charge in [-0.1, -0.05) is 36.4 Å². The maximum absolute atomic E-state index is 5.72. The summed E-state index contributed by atoms with van der Waals surface area (Å²) < 4.78 is 5.72. The third-order valence-corrected chi connectivity index (χ3v) is 3.21. The van der Waals surface area contributed by atoms with Crippen LogP contribution in [0.1, 0.15) is 12.5 Å². The molecule has 3 nitrogen and oxygen atoms in total. The number of benzene rings is 2. The van der Waals surface area contributed by atoms with Gasteiger partial charge in [0.05, 0.1) is 6.61 Å². The fourth-order valence-electron chi connectivity index (χ4n) is 2.25. The molecule has 0 radical (unpaired) electrons. The SMILES string of the molecule is CCOc1ccc2ccccc2c1/C=N/c1ccccn1. The third kappa shape index (κ3) is 2.92. The van der Waals surface area contributed by atoms with Gasteiger partial charge >= 0.3 is 0 Å². The number of nitrogens with zero attached hydrogens (tertiary/aromatic N) is 2. The summed E-state index contributed by atoms with van der Waals surface area (Å²) >= 11 is 0. The lowest BCUT2D eigenvalue weighted by molar-refractivity contribution is 0.340. The third-order valence-electron chi connectivity index (χ3n) is 3.21. The van der Waals surface area contributed by atoms with Gasteiger partial charge in [-0.15, -0.1) is 0 Å². The summed E-state index contributed by atoms with van der Waals surface area (Å²) in [6, 6.07) is 18.0. The molecule has 0 fully saturated rings. The molecule has 21 heavy (non-hydrogen) atoms. The number of hydrogen-bond acceptors (Lipinski definition) is 3. The molecular weight excluding hydrogens is 260 g/mol. The smallest absolute Gasteiger partial charge is 0.151 e. The predicted molar refractivity (Wildman–Crippen MR) is 86.6 cm³/mol. The van der Waals surface area contributed by atoms with E-state index in [2.05, 4.69) is 28.2 Å². The van der Waals surface area contributed by atoms with Crippen LogP contribution in [0.5, 0.6) is 5.75 Å². The maximum atomic E-state index is 5.72. The van der Waals surface area contributed by atoms with Gasteiger partial charge in [-0.3, -0.25) is 0 Å². The van der Waals surface area contributed by atoms with E-state index in [0.717, 1.165) is 16.7 Å². The molecule has 0 saturated carbocycles. The van der Waals surface area contributed by atoms with E-state index in [4.69, 9.17) is 4.74 Å². The first-order valence-corrected chi connectivity index (χ1v) is 6.98. The summed E-state index contributed by atoms with van der Waals surface area (Å²) in [5.74, 6) is 1.53. The second-order valence-corrected chi connectivity index (χ2v) is 4.58. The standard InChI is InChI=1S/C18H16N2O/c1-2-21-17-11-10-14-7-3-4-8-15(14)16(17)13-20-18-9-5-6-12-19-18/h3-13H,2H2,1H3/b20-13+. The molecule has 0 saturated heterocycles. The van der Waals surface area contributed by atoms with Crippen molar-refractivity contribution in [3.63, 3.8) is 0 Å². The molecule has 0 aliphatic rings. The van der Waals surface area contributed by atoms with Crippen molar-refractivity contribution in [1.82, 2.24) is 4.98 Å². The molecule has 104 valence electrons. The highest BCUT2D eigenvalue weighted by Crippen LogP contribution is 2.27. The summed E-state index contributed by atoms with van der Waals surface area (Å²) in [5, 5.41) is 2.30. The van der Waals surface area contributed by atoms with Crippen molar-refractivity contribution in [3.8, 4) is 5.75 Å². The lowest BCUT2D eigenvalue weighted by atomic mass is 10.0. The molecule has 0 aliphatic carbocycles. The average molecular weight is 276 g/mol. The first kappa shape index (κ1) is 13.3. The summed E-state index contributed by atoms with van der Waals surface area (Å²) in [7, 11) is 0. The maximum Gasteiger partial charge on any atom is 0.151 e. The first-order chi connectivity index (χ1) is 10.4. The normalized spacial score (nSPS) is 11.1. The molecule has 0 N–H and O–H groups in total. The van der Waals surface area contributed by atoms with E-state index >= 15 is 0 Å². The van der Waals surface area contributed by atoms with Crippen molar-refractivity contribution in [2.75, 3.05) is 6.61 Å². The van der Waals surface area contributed by atoms with Gasteiger partial charge in [-0.05, 0) is 35.9 Å². The Morgan fingerprint density at radius 3 is 2.71 bits per heavy atom. The van der Waals surface area contributed by atoms with Crippen LogP contribution in [0.25, 0.3) is 10.8 Å². The van der Waals surface area contributed by atoms with Crippen molar-refractivity contribution in [2.24, 2.45) is 4.99 Å². The van der Waals surface area contributed by atoms with Crippen LogP contribution in [0, 0.1) is 0 Å². The molecule has 1 aromatic heterocycles. The lowest BCUT2D eigenvalue weighted by Crippen LogP contribution is -1.97. The van der Waals surface area contributed by atoms with Gasteiger partial charge in [-0.2, -0.15) is 0 Å². The number of aromatic nitrogens is 1. The van der Waals surface area contributed by atoms with Crippen molar-refractivity contribution in [2.45, 2.75) is 6.92 Å². The Kier molecular flexibility index (Phi) is 3.92. The van der Waals surface area contributed by atoms with E-state index in [1.54, 1.807) is 6.20 Å². The monoisotopic (exact) mass is 276 g/mol. The van der Waals surface area contributed by atoms with Crippen LogP contribution in [0.3, 0.4) is 0 Å². The average Bonchev–Trinajstić information content (AvgIpc) is 2.55. The predicted octanol–water partition coefficient (Wildman–Crippen LogP) is 4.38. The lowest BCUT2D eigenvalue weighted by Gasteiger charge is -2.10. The zero-order valence-corrected chi connectivity index (χ0v) is 11.9. The highest BCUT2D eigenvalue weighted by molar-refractivity contribution is 6.03. The molecule has 2 aromatic carbocycles. The Morgan fingerprint density at radius 2 is 1.90 bits per heavy atom. The summed E-state index contributed by atoms with van der Waals surface area (Å²) in [4.78, 5) is 8.66. The molecule has 0 spiro atoms. The van der Waals surface area contributed by atoms with Gasteiger partial charge in [0.25, 0.3) is 0 Å². The second-order valence-electron chi connectivity index (χ2n) is 4.58. The molecule has 0 unspecified atom stereocenters. The quantitative estimate of drug-likeness (QED) is 0.662. The van der Waals surface area contributed by atoms with Crippen LogP contribution in [-0.4, -0.2) is 17.8 Å². The van der Waals surface area contributed by atoms with Crippen LogP contribution in [-0.2, 0) is 0 Å². The minimum atomic E-state index is 0.628. The highest BCUT2D eigenvalue weighted by Gasteiger charge is 2.06. The van der Waals surface area contributed by atoms with Gasteiger partial charge in [0.2, 0.25) is 0 Å². The molecule has 0 atom stereocenters. The topological polar surface area (TPSA) is 34.5 Å². The minimum Gasteiger partial charge on any atom is -0.493 e. The van der Waals surface area contributed by atoms with E-state index in [0.29, 0.717) is 12.4 Å². The Labute approximate surface area is 123 Å². The zero-order valence-electron chi connectivity index (χ0n) is 11.9. The van der Waals surface area contributed by atoms with Gasteiger partial charge in [0.1, 0.15) is 5.75 Å². The number of pyridine rings is 1. The van der Waals surface area contributed by atoms with E-state index in [-0.39, 0.29) is 0 Å². The van der Waals surface area contributed by atoms with Crippen molar-refractivity contribution in [1.29, 1.82) is 0 Å². The second kappa shape index (κ2) is 6.18. The molecule has 3 heteroatoms. The van der Waals surface area contributed by atoms with Crippen LogP contribution < -0.4 is 4.74 Å². The van der Waals surface area contributed by atoms with Crippen molar-refractivity contribution in [3.05, 3.63) is 66.4 Å². The van der Waals surface area contributed by atoms with Crippen LogP contribution in [0.15, 0.2) is 65.8 Å². The van der Waals surface area contributed by atoms with Crippen LogP contribution in [0.2, 0.25) is 0 Å². The molecular formula is C18H16N2O. The van der Waals surface area contributed by atoms with Crippen molar-refractivity contribution < 1.29 is 4.74 Å². The Balaban J connectivity index is 2.10. The first-order valence-electron chi connectivity index (χ1n) is 6.98. The van der Waals surface area contributed by atoms with Crippen LogP contribution >= 0.6 is 0 Å². The van der Waals surface area contributed by atoms with Gasteiger partial charge in [0, 0.05) is 18.0 Å². The van der Waals surface area contributed by atoms with Crippen molar-refractivity contribution >= 4 is 22.8 Å². The molecule has 3 rings (SSSR count). The highest BCUT2D eigenvalue weighted by atomic mass is 16.5. The minimum absolute atomic E-state index is 0.628. The van der Waals surface area contributed by atoms with E-state index < -0.39 is 0 Å². The van der Waals surface area contributed by atoms with E-state index in [1.807, 2.05) is 49.5 Å². The van der Waals surface area contributed by atoms with Gasteiger partial charge < -0.3 is 4.74 Å². The Morgan fingerprint density at radius 1 is 1.05 bits per heavy atom. The molecule has 1 heterocycles. The Hall–Kier alpha value is -2.68. The fraction of sp³-hybridized carbons (Fsp3) is 0.111. The van der Waals surface area contributed by atoms with E-state index in [9.17, 15) is 0 Å². The molecule has 0 amide bonds. The summed E-state index contributed by atoms with van der Waals surface area (Å²) in [5.41, 5.74) is 0.987. The van der Waals surface area contributed by atoms with Gasteiger partial charge in [-0.25, -0.2) is 9.98 Å². The number of aliphatic imine (C=N–C) groups is 1.